The Morgan fingerprint density at radius 1 is 1.50 bits per heavy atom. The standard InChI is InChI=1S/C15H22N2O3/c1-11-12(5-4-6-14(11)17(18)19)10-16-13-7-8-20-15(2,3)9-13/h4-6,13,16H,7-10H2,1-3H3. The summed E-state index contributed by atoms with van der Waals surface area (Å²) in [4.78, 5) is 10.6. The van der Waals surface area contributed by atoms with Crippen LogP contribution < -0.4 is 5.32 Å². The van der Waals surface area contributed by atoms with Crippen molar-refractivity contribution in [1.82, 2.24) is 5.32 Å². The van der Waals surface area contributed by atoms with Gasteiger partial charge < -0.3 is 10.1 Å². The largest absolute Gasteiger partial charge is 0.375 e. The smallest absolute Gasteiger partial charge is 0.272 e. The maximum absolute atomic E-state index is 10.9. The van der Waals surface area contributed by atoms with E-state index in [1.165, 1.54) is 0 Å². The summed E-state index contributed by atoms with van der Waals surface area (Å²) in [5.74, 6) is 0. The summed E-state index contributed by atoms with van der Waals surface area (Å²) in [6.07, 6.45) is 1.94. The monoisotopic (exact) mass is 278 g/mol. The summed E-state index contributed by atoms with van der Waals surface area (Å²) in [6.45, 7) is 7.43. The van der Waals surface area contributed by atoms with Crippen molar-refractivity contribution in [2.45, 2.75) is 51.8 Å². The van der Waals surface area contributed by atoms with Gasteiger partial charge in [-0.15, -0.1) is 0 Å². The van der Waals surface area contributed by atoms with Crippen LogP contribution in [-0.2, 0) is 11.3 Å². The first-order valence-corrected chi connectivity index (χ1v) is 6.99. The van der Waals surface area contributed by atoms with Crippen LogP contribution in [0.1, 0.15) is 37.8 Å². The molecule has 0 amide bonds. The highest BCUT2D eigenvalue weighted by Gasteiger charge is 2.28. The van der Waals surface area contributed by atoms with Crippen molar-refractivity contribution in [2.24, 2.45) is 0 Å². The van der Waals surface area contributed by atoms with Crippen molar-refractivity contribution < 1.29 is 9.66 Å². The lowest BCUT2D eigenvalue weighted by molar-refractivity contribution is -0.385. The third kappa shape index (κ3) is 3.55. The van der Waals surface area contributed by atoms with Gasteiger partial charge >= 0.3 is 0 Å². The van der Waals surface area contributed by atoms with Crippen molar-refractivity contribution in [3.05, 3.63) is 39.4 Å². The molecule has 5 heteroatoms. The van der Waals surface area contributed by atoms with Gasteiger partial charge in [0, 0.05) is 30.8 Å². The zero-order chi connectivity index (χ0) is 14.8. The molecule has 110 valence electrons. The van der Waals surface area contributed by atoms with Crippen LogP contribution in [0.4, 0.5) is 5.69 Å². The molecule has 5 nitrogen and oxygen atoms in total. The Bertz CT molecular complexity index is 500. The second kappa shape index (κ2) is 5.89. The molecule has 2 rings (SSSR count). The summed E-state index contributed by atoms with van der Waals surface area (Å²) < 4.78 is 5.69. The molecule has 1 N–H and O–H groups in total. The number of nitro groups is 1. The molecular formula is C15H22N2O3. The Morgan fingerprint density at radius 3 is 2.90 bits per heavy atom. The van der Waals surface area contributed by atoms with E-state index in [0.29, 0.717) is 12.6 Å². The SMILES string of the molecule is Cc1c(CNC2CCOC(C)(C)C2)cccc1[N+](=O)[O-]. The Labute approximate surface area is 119 Å². The Kier molecular flexibility index (Phi) is 4.40. The summed E-state index contributed by atoms with van der Waals surface area (Å²) in [6, 6.07) is 5.64. The van der Waals surface area contributed by atoms with Crippen molar-refractivity contribution in [1.29, 1.82) is 0 Å². The Hall–Kier alpha value is -1.46. The Morgan fingerprint density at radius 2 is 2.25 bits per heavy atom. The molecule has 1 atom stereocenters. The van der Waals surface area contributed by atoms with E-state index in [1.807, 2.05) is 13.0 Å². The van der Waals surface area contributed by atoms with Crippen LogP contribution in [0.15, 0.2) is 18.2 Å². The third-order valence-electron chi connectivity index (χ3n) is 3.89. The molecule has 1 heterocycles. The molecule has 1 aliphatic rings. The quantitative estimate of drug-likeness (QED) is 0.679. The van der Waals surface area contributed by atoms with Gasteiger partial charge in [-0.3, -0.25) is 10.1 Å². The summed E-state index contributed by atoms with van der Waals surface area (Å²) >= 11 is 0. The van der Waals surface area contributed by atoms with Gasteiger partial charge in [0.25, 0.3) is 5.69 Å². The molecule has 0 aromatic heterocycles. The fraction of sp³-hybridized carbons (Fsp3) is 0.600. The van der Waals surface area contributed by atoms with Gasteiger partial charge in [0.05, 0.1) is 10.5 Å². The predicted molar refractivity (Wildman–Crippen MR) is 77.7 cm³/mol. The average molecular weight is 278 g/mol. The number of nitro benzene ring substituents is 1. The van der Waals surface area contributed by atoms with Crippen LogP contribution in [-0.4, -0.2) is 23.2 Å². The molecule has 1 unspecified atom stereocenters. The zero-order valence-corrected chi connectivity index (χ0v) is 12.3. The van der Waals surface area contributed by atoms with Crippen molar-refractivity contribution in [3.8, 4) is 0 Å². The minimum absolute atomic E-state index is 0.0896. The van der Waals surface area contributed by atoms with E-state index in [-0.39, 0.29) is 16.2 Å². The first-order chi connectivity index (χ1) is 9.39. The molecule has 1 fully saturated rings. The maximum atomic E-state index is 10.9. The van der Waals surface area contributed by atoms with E-state index >= 15 is 0 Å². The first-order valence-electron chi connectivity index (χ1n) is 6.99. The van der Waals surface area contributed by atoms with Gasteiger partial charge in [-0.05, 0) is 39.2 Å². The van der Waals surface area contributed by atoms with Crippen LogP contribution in [0.3, 0.4) is 0 Å². The van der Waals surface area contributed by atoms with Crippen LogP contribution >= 0.6 is 0 Å². The van der Waals surface area contributed by atoms with Crippen LogP contribution in [0, 0.1) is 17.0 Å². The summed E-state index contributed by atoms with van der Waals surface area (Å²) in [5, 5.41) is 14.4. The molecule has 20 heavy (non-hydrogen) atoms. The molecule has 0 spiro atoms. The van der Waals surface area contributed by atoms with Crippen molar-refractivity contribution >= 4 is 5.69 Å². The van der Waals surface area contributed by atoms with E-state index in [0.717, 1.165) is 30.6 Å². The molecule has 0 bridgehead atoms. The van der Waals surface area contributed by atoms with Crippen molar-refractivity contribution in [2.75, 3.05) is 6.61 Å². The van der Waals surface area contributed by atoms with Crippen LogP contribution in [0.2, 0.25) is 0 Å². The second-order valence-corrected chi connectivity index (χ2v) is 6.00. The molecule has 1 saturated heterocycles. The Balaban J connectivity index is 2.01. The lowest BCUT2D eigenvalue weighted by Crippen LogP contribution is -2.43. The number of benzene rings is 1. The molecule has 1 aliphatic heterocycles. The normalized spacial score (nSPS) is 21.6. The zero-order valence-electron chi connectivity index (χ0n) is 12.3. The lowest BCUT2D eigenvalue weighted by Gasteiger charge is -2.36. The van der Waals surface area contributed by atoms with Crippen LogP contribution in [0.5, 0.6) is 0 Å². The topological polar surface area (TPSA) is 64.4 Å². The highest BCUT2D eigenvalue weighted by Crippen LogP contribution is 2.25. The molecule has 0 saturated carbocycles. The molecular weight excluding hydrogens is 256 g/mol. The number of rotatable bonds is 4. The summed E-state index contributed by atoms with van der Waals surface area (Å²) in [5.41, 5.74) is 1.84. The highest BCUT2D eigenvalue weighted by molar-refractivity contribution is 5.44. The van der Waals surface area contributed by atoms with Gasteiger partial charge in [-0.2, -0.15) is 0 Å². The minimum atomic E-state index is -0.323. The third-order valence-corrected chi connectivity index (χ3v) is 3.89. The number of hydrogen-bond acceptors (Lipinski definition) is 4. The minimum Gasteiger partial charge on any atom is -0.375 e. The van der Waals surface area contributed by atoms with E-state index in [1.54, 1.807) is 12.1 Å². The molecule has 0 radical (unpaired) electrons. The van der Waals surface area contributed by atoms with E-state index in [4.69, 9.17) is 4.74 Å². The molecule has 1 aromatic carbocycles. The molecule has 0 aliphatic carbocycles. The lowest BCUT2D eigenvalue weighted by atomic mass is 9.93. The van der Waals surface area contributed by atoms with Gasteiger partial charge in [0.1, 0.15) is 0 Å². The van der Waals surface area contributed by atoms with E-state index in [2.05, 4.69) is 19.2 Å². The van der Waals surface area contributed by atoms with Gasteiger partial charge in [-0.1, -0.05) is 12.1 Å². The van der Waals surface area contributed by atoms with E-state index < -0.39 is 0 Å². The van der Waals surface area contributed by atoms with Gasteiger partial charge in [-0.25, -0.2) is 0 Å². The van der Waals surface area contributed by atoms with Crippen molar-refractivity contribution in [3.63, 3.8) is 0 Å². The fourth-order valence-corrected chi connectivity index (χ4v) is 2.72. The van der Waals surface area contributed by atoms with E-state index in [9.17, 15) is 10.1 Å². The second-order valence-electron chi connectivity index (χ2n) is 6.00. The fourth-order valence-electron chi connectivity index (χ4n) is 2.72. The maximum Gasteiger partial charge on any atom is 0.272 e. The van der Waals surface area contributed by atoms with Gasteiger partial charge in [0.15, 0.2) is 0 Å². The summed E-state index contributed by atoms with van der Waals surface area (Å²) in [7, 11) is 0. The number of hydrogen-bond donors (Lipinski definition) is 1. The molecule has 1 aromatic rings. The van der Waals surface area contributed by atoms with Gasteiger partial charge in [0.2, 0.25) is 0 Å². The number of nitrogens with zero attached hydrogens (tertiary/aromatic N) is 1. The first kappa shape index (κ1) is 14.9. The predicted octanol–water partition coefficient (Wildman–Crippen LogP) is 2.95. The number of ether oxygens (including phenoxy) is 1. The number of nitrogens with one attached hydrogen (secondary N) is 1. The highest BCUT2D eigenvalue weighted by atomic mass is 16.6. The average Bonchev–Trinajstić information content (AvgIpc) is 2.36. The van der Waals surface area contributed by atoms with Crippen LogP contribution in [0.25, 0.3) is 0 Å².